The van der Waals surface area contributed by atoms with Gasteiger partial charge >= 0.3 is 19.3 Å². The number of aliphatic carboxylic acids is 1. The lowest BCUT2D eigenvalue weighted by Crippen LogP contribution is -2.41. The maximum atomic E-state index is 13.2. The maximum absolute atomic E-state index is 13.2. The van der Waals surface area contributed by atoms with Gasteiger partial charge in [0.25, 0.3) is 0 Å². The van der Waals surface area contributed by atoms with E-state index < -0.39 is 48.3 Å². The van der Waals surface area contributed by atoms with Crippen molar-refractivity contribution < 1.29 is 32.4 Å². The zero-order valence-corrected chi connectivity index (χ0v) is 15.9. The molecule has 1 N–H and O–H groups in total. The van der Waals surface area contributed by atoms with Crippen molar-refractivity contribution in [1.82, 2.24) is 0 Å². The fourth-order valence-electron chi connectivity index (χ4n) is 2.60. The van der Waals surface area contributed by atoms with Crippen LogP contribution in [0.15, 0.2) is 22.7 Å². The monoisotopic (exact) mass is 422 g/mol. The highest BCUT2D eigenvalue weighted by Crippen LogP contribution is 2.43. The lowest BCUT2D eigenvalue weighted by atomic mass is 9.66. The van der Waals surface area contributed by atoms with Crippen LogP contribution in [0.4, 0.5) is 13.2 Å². The van der Waals surface area contributed by atoms with Gasteiger partial charge in [-0.2, -0.15) is 13.2 Å². The standard InChI is InChI=1S/C16H19BBrF3O4/c1-14(2)15(3,4)25-17(24-14)11(8-13(22)23)9-5-6-12(18)10(7-9)16(19,20)21/h5-7,11H,8H2,1-4H3,(H,22,23). The fraction of sp³-hybridized carbons (Fsp3) is 0.562. The summed E-state index contributed by atoms with van der Waals surface area (Å²) in [6.45, 7) is 7.20. The molecule has 1 heterocycles. The summed E-state index contributed by atoms with van der Waals surface area (Å²) in [6.07, 6.45) is -4.96. The Morgan fingerprint density at radius 2 is 1.76 bits per heavy atom. The molecule has 0 amide bonds. The Hall–Kier alpha value is -1.06. The second-order valence-corrected chi connectivity index (χ2v) is 7.92. The second kappa shape index (κ2) is 6.59. The van der Waals surface area contributed by atoms with Gasteiger partial charge in [0.15, 0.2) is 0 Å². The van der Waals surface area contributed by atoms with Crippen molar-refractivity contribution in [3.05, 3.63) is 33.8 Å². The van der Waals surface area contributed by atoms with Crippen LogP contribution in [-0.4, -0.2) is 29.4 Å². The van der Waals surface area contributed by atoms with Gasteiger partial charge in [-0.3, -0.25) is 4.79 Å². The van der Waals surface area contributed by atoms with E-state index in [0.29, 0.717) is 0 Å². The summed E-state index contributed by atoms with van der Waals surface area (Å²) in [5.41, 5.74) is -2.08. The fourth-order valence-corrected chi connectivity index (χ4v) is 3.07. The molecular formula is C16H19BBrF3O4. The third-order valence-corrected chi connectivity index (χ3v) is 5.41. The molecular weight excluding hydrogens is 404 g/mol. The molecule has 1 unspecified atom stereocenters. The highest BCUT2D eigenvalue weighted by molar-refractivity contribution is 9.10. The minimum absolute atomic E-state index is 0.105. The molecule has 4 nitrogen and oxygen atoms in total. The van der Waals surface area contributed by atoms with Crippen molar-refractivity contribution in [1.29, 1.82) is 0 Å². The van der Waals surface area contributed by atoms with Crippen molar-refractivity contribution in [2.75, 3.05) is 0 Å². The first-order valence-corrected chi connectivity index (χ1v) is 8.48. The first kappa shape index (κ1) is 20.3. The third-order valence-electron chi connectivity index (χ3n) is 4.72. The molecule has 25 heavy (non-hydrogen) atoms. The van der Waals surface area contributed by atoms with Crippen molar-refractivity contribution in [2.45, 2.75) is 57.3 Å². The van der Waals surface area contributed by atoms with Gasteiger partial charge in [0.2, 0.25) is 0 Å². The third kappa shape index (κ3) is 4.20. The van der Waals surface area contributed by atoms with Crippen LogP contribution in [-0.2, 0) is 20.3 Å². The maximum Gasteiger partial charge on any atom is 0.466 e. The molecule has 0 radical (unpaired) electrons. The van der Waals surface area contributed by atoms with Gasteiger partial charge in [-0.15, -0.1) is 0 Å². The quantitative estimate of drug-likeness (QED) is 0.717. The Labute approximate surface area is 153 Å². The number of benzene rings is 1. The highest BCUT2D eigenvalue weighted by Gasteiger charge is 2.54. The van der Waals surface area contributed by atoms with Gasteiger partial charge in [-0.25, -0.2) is 0 Å². The van der Waals surface area contributed by atoms with Crippen LogP contribution in [0.5, 0.6) is 0 Å². The SMILES string of the molecule is CC1(C)OB(C(CC(=O)O)c2ccc(Br)c(C(F)(F)F)c2)OC1(C)C. The molecule has 1 aromatic rings. The van der Waals surface area contributed by atoms with Crippen molar-refractivity contribution in [2.24, 2.45) is 0 Å². The Bertz CT molecular complexity index is 660. The van der Waals surface area contributed by atoms with Gasteiger partial charge in [-0.05, 0) is 45.4 Å². The highest BCUT2D eigenvalue weighted by atomic mass is 79.9. The number of alkyl halides is 3. The number of halogens is 4. The Balaban J connectivity index is 2.45. The predicted molar refractivity (Wildman–Crippen MR) is 90.2 cm³/mol. The molecule has 0 bridgehead atoms. The minimum Gasteiger partial charge on any atom is -0.481 e. The van der Waals surface area contributed by atoms with E-state index in [1.54, 1.807) is 27.7 Å². The van der Waals surface area contributed by atoms with Crippen LogP contribution in [0.25, 0.3) is 0 Å². The van der Waals surface area contributed by atoms with E-state index in [1.165, 1.54) is 12.1 Å². The molecule has 138 valence electrons. The number of carbonyl (C=O) groups is 1. The molecule has 1 aliphatic rings. The molecule has 0 aromatic heterocycles. The average Bonchev–Trinajstić information content (AvgIpc) is 2.64. The van der Waals surface area contributed by atoms with Crippen molar-refractivity contribution >= 4 is 29.0 Å². The molecule has 0 aliphatic carbocycles. The lowest BCUT2D eigenvalue weighted by Gasteiger charge is -2.32. The van der Waals surface area contributed by atoms with Crippen LogP contribution >= 0.6 is 15.9 Å². The first-order chi connectivity index (χ1) is 11.2. The van der Waals surface area contributed by atoms with E-state index >= 15 is 0 Å². The summed E-state index contributed by atoms with van der Waals surface area (Å²) < 4.78 is 51.1. The summed E-state index contributed by atoms with van der Waals surface area (Å²) >= 11 is 2.89. The molecule has 0 saturated carbocycles. The predicted octanol–water partition coefficient (Wildman–Crippen LogP) is 4.66. The number of rotatable bonds is 4. The summed E-state index contributed by atoms with van der Waals surface area (Å²) in [4.78, 5) is 11.3. The number of hydrogen-bond acceptors (Lipinski definition) is 3. The average molecular weight is 423 g/mol. The number of carboxylic acid groups (broad SMARTS) is 1. The van der Waals surface area contributed by atoms with E-state index in [0.717, 1.165) is 6.07 Å². The van der Waals surface area contributed by atoms with E-state index in [4.69, 9.17) is 9.31 Å². The second-order valence-electron chi connectivity index (χ2n) is 7.07. The largest absolute Gasteiger partial charge is 0.481 e. The Kier molecular flexibility index (Phi) is 5.34. The van der Waals surface area contributed by atoms with Gasteiger partial charge in [0, 0.05) is 10.3 Å². The summed E-state index contributed by atoms with van der Waals surface area (Å²) in [6, 6.07) is 3.67. The van der Waals surface area contributed by atoms with Gasteiger partial charge in [0.05, 0.1) is 23.2 Å². The molecule has 1 aromatic carbocycles. The Morgan fingerprint density at radius 1 is 1.24 bits per heavy atom. The summed E-state index contributed by atoms with van der Waals surface area (Å²) in [5, 5.41) is 9.21. The van der Waals surface area contributed by atoms with Crippen LogP contribution < -0.4 is 0 Å². The van der Waals surface area contributed by atoms with Gasteiger partial charge in [-0.1, -0.05) is 22.0 Å². The zero-order chi connectivity index (χ0) is 19.2. The lowest BCUT2D eigenvalue weighted by molar-refractivity contribution is -0.138. The smallest absolute Gasteiger partial charge is 0.466 e. The molecule has 0 spiro atoms. The van der Waals surface area contributed by atoms with Crippen LogP contribution in [0.2, 0.25) is 0 Å². The van der Waals surface area contributed by atoms with Crippen molar-refractivity contribution in [3.8, 4) is 0 Å². The minimum atomic E-state index is -4.56. The normalized spacial score (nSPS) is 20.6. The molecule has 1 saturated heterocycles. The molecule has 1 fully saturated rings. The zero-order valence-electron chi connectivity index (χ0n) is 14.3. The van der Waals surface area contributed by atoms with E-state index in [1.807, 2.05) is 0 Å². The van der Waals surface area contributed by atoms with Crippen molar-refractivity contribution in [3.63, 3.8) is 0 Å². The van der Waals surface area contributed by atoms with Gasteiger partial charge in [0.1, 0.15) is 0 Å². The van der Waals surface area contributed by atoms with E-state index in [2.05, 4.69) is 15.9 Å². The first-order valence-electron chi connectivity index (χ1n) is 7.69. The summed E-state index contributed by atoms with van der Waals surface area (Å²) in [7, 11) is -0.955. The van der Waals surface area contributed by atoms with E-state index in [-0.39, 0.29) is 10.0 Å². The van der Waals surface area contributed by atoms with Crippen LogP contribution in [0, 0.1) is 0 Å². The molecule has 1 aliphatic heterocycles. The summed E-state index contributed by atoms with van der Waals surface area (Å²) in [5.74, 6) is -2.01. The molecule has 9 heteroatoms. The van der Waals surface area contributed by atoms with Crippen LogP contribution in [0.3, 0.4) is 0 Å². The van der Waals surface area contributed by atoms with Gasteiger partial charge < -0.3 is 14.4 Å². The van der Waals surface area contributed by atoms with E-state index in [9.17, 15) is 23.1 Å². The molecule has 2 rings (SSSR count). The Morgan fingerprint density at radius 3 is 2.20 bits per heavy atom. The number of hydrogen-bond donors (Lipinski definition) is 1. The number of carboxylic acids is 1. The van der Waals surface area contributed by atoms with Crippen LogP contribution in [0.1, 0.15) is 51.1 Å². The molecule has 1 atom stereocenters. The topological polar surface area (TPSA) is 55.8 Å².